The van der Waals surface area contributed by atoms with Gasteiger partial charge in [-0.1, -0.05) is 72.8 Å². The first kappa shape index (κ1) is 25.9. The van der Waals surface area contributed by atoms with E-state index >= 15 is 0 Å². The molecular formula is C31H30N6O2. The number of carbonyl (C=O) groups is 2. The fourth-order valence-electron chi connectivity index (χ4n) is 5.40. The standard InChI is InChI=1S/C31H30N6O2/c1-35(20-10-19-32)24-17-15-21(16-18-24)25(26-28(33-36(2)30(26)38)22-11-6-4-7-12-22)27-29(34-37(3)31(27)39)23-13-8-5-9-14-23/h4-9,11-18,25-27H,10,20H2,1-3H3. The van der Waals surface area contributed by atoms with Gasteiger partial charge in [0.2, 0.25) is 0 Å². The van der Waals surface area contributed by atoms with Crippen molar-refractivity contribution >= 4 is 28.9 Å². The van der Waals surface area contributed by atoms with Crippen molar-refractivity contribution in [1.82, 2.24) is 10.0 Å². The largest absolute Gasteiger partial charge is 0.374 e. The molecule has 2 atom stereocenters. The molecule has 196 valence electrons. The van der Waals surface area contributed by atoms with E-state index in [1.165, 1.54) is 10.0 Å². The Labute approximate surface area is 228 Å². The van der Waals surface area contributed by atoms with Crippen molar-refractivity contribution in [3.05, 3.63) is 102 Å². The summed E-state index contributed by atoms with van der Waals surface area (Å²) in [5.41, 5.74) is 4.76. The van der Waals surface area contributed by atoms with E-state index in [4.69, 9.17) is 5.26 Å². The van der Waals surface area contributed by atoms with Crippen molar-refractivity contribution < 1.29 is 9.59 Å². The van der Waals surface area contributed by atoms with Crippen molar-refractivity contribution in [3.8, 4) is 6.07 Å². The molecule has 8 heteroatoms. The number of amides is 2. The molecule has 3 aromatic carbocycles. The molecule has 0 spiro atoms. The van der Waals surface area contributed by atoms with Crippen LogP contribution in [0.3, 0.4) is 0 Å². The van der Waals surface area contributed by atoms with Crippen LogP contribution in [0.25, 0.3) is 0 Å². The third-order valence-electron chi connectivity index (χ3n) is 7.41. The van der Waals surface area contributed by atoms with Crippen molar-refractivity contribution in [1.29, 1.82) is 5.26 Å². The second kappa shape index (κ2) is 10.9. The summed E-state index contributed by atoms with van der Waals surface area (Å²) in [4.78, 5) is 29.6. The molecule has 2 unspecified atom stereocenters. The topological polar surface area (TPSA) is 92.4 Å². The van der Waals surface area contributed by atoms with E-state index in [9.17, 15) is 9.59 Å². The van der Waals surface area contributed by atoms with Gasteiger partial charge in [0.25, 0.3) is 11.8 Å². The molecule has 2 aliphatic heterocycles. The Morgan fingerprint density at radius 2 is 1.26 bits per heavy atom. The summed E-state index contributed by atoms with van der Waals surface area (Å²) in [6.07, 6.45) is 0.417. The molecule has 39 heavy (non-hydrogen) atoms. The molecule has 0 N–H and O–H groups in total. The Kier molecular flexibility index (Phi) is 7.24. The molecular weight excluding hydrogens is 488 g/mol. The quantitative estimate of drug-likeness (QED) is 0.449. The summed E-state index contributed by atoms with van der Waals surface area (Å²) in [5, 5.41) is 21.1. The molecule has 2 amide bonds. The Morgan fingerprint density at radius 1 is 0.795 bits per heavy atom. The summed E-state index contributed by atoms with van der Waals surface area (Å²) < 4.78 is 0. The molecule has 0 saturated heterocycles. The van der Waals surface area contributed by atoms with Crippen LogP contribution in [0.4, 0.5) is 5.69 Å². The molecule has 2 heterocycles. The lowest BCUT2D eigenvalue weighted by molar-refractivity contribution is -0.133. The van der Waals surface area contributed by atoms with E-state index in [-0.39, 0.29) is 11.8 Å². The monoisotopic (exact) mass is 518 g/mol. The lowest BCUT2D eigenvalue weighted by Crippen LogP contribution is -2.40. The van der Waals surface area contributed by atoms with Crippen LogP contribution in [-0.2, 0) is 9.59 Å². The van der Waals surface area contributed by atoms with Crippen LogP contribution < -0.4 is 4.90 Å². The number of hydrogen-bond acceptors (Lipinski definition) is 6. The van der Waals surface area contributed by atoms with Gasteiger partial charge in [0, 0.05) is 39.3 Å². The Balaban J connectivity index is 1.64. The summed E-state index contributed by atoms with van der Waals surface area (Å²) in [7, 11) is 5.25. The third-order valence-corrected chi connectivity index (χ3v) is 7.41. The van der Waals surface area contributed by atoms with E-state index < -0.39 is 17.8 Å². The van der Waals surface area contributed by atoms with Crippen LogP contribution in [-0.4, -0.2) is 60.9 Å². The van der Waals surface area contributed by atoms with E-state index in [0.29, 0.717) is 24.4 Å². The number of hydrogen-bond donors (Lipinski definition) is 0. The number of carbonyl (C=O) groups excluding carboxylic acids is 2. The number of hydrazone groups is 2. The highest BCUT2D eigenvalue weighted by atomic mass is 16.2. The maximum Gasteiger partial charge on any atom is 0.252 e. The SMILES string of the molecule is CN1N=C(c2ccccc2)C(C(c2ccc(N(C)CCC#N)cc2)C2C(=O)N(C)N=C2c2ccccc2)C1=O. The van der Waals surface area contributed by atoms with E-state index in [1.54, 1.807) is 14.1 Å². The van der Waals surface area contributed by atoms with Crippen LogP contribution in [0.2, 0.25) is 0 Å². The first-order chi connectivity index (χ1) is 18.9. The van der Waals surface area contributed by atoms with Gasteiger partial charge in [-0.25, -0.2) is 10.0 Å². The van der Waals surface area contributed by atoms with Crippen LogP contribution in [0.1, 0.15) is 29.0 Å². The Hall–Kier alpha value is -4.77. The minimum absolute atomic E-state index is 0.163. The van der Waals surface area contributed by atoms with Crippen molar-refractivity contribution in [2.45, 2.75) is 12.3 Å². The van der Waals surface area contributed by atoms with Gasteiger partial charge in [-0.05, 0) is 28.8 Å². The second-order valence-electron chi connectivity index (χ2n) is 9.83. The van der Waals surface area contributed by atoms with E-state index in [2.05, 4.69) is 16.3 Å². The third kappa shape index (κ3) is 4.91. The molecule has 0 radical (unpaired) electrons. The maximum atomic E-state index is 13.8. The van der Waals surface area contributed by atoms with Crippen LogP contribution >= 0.6 is 0 Å². The molecule has 0 bridgehead atoms. The zero-order chi connectivity index (χ0) is 27.5. The highest BCUT2D eigenvalue weighted by Gasteiger charge is 2.50. The number of rotatable bonds is 8. The van der Waals surface area contributed by atoms with Gasteiger partial charge >= 0.3 is 0 Å². The predicted octanol–water partition coefficient (Wildman–Crippen LogP) is 4.11. The van der Waals surface area contributed by atoms with Gasteiger partial charge in [0.05, 0.1) is 35.7 Å². The summed E-state index contributed by atoms with van der Waals surface area (Å²) >= 11 is 0. The molecule has 8 nitrogen and oxygen atoms in total. The highest BCUT2D eigenvalue weighted by Crippen LogP contribution is 2.43. The fourth-order valence-corrected chi connectivity index (χ4v) is 5.40. The summed E-state index contributed by atoms with van der Waals surface area (Å²) in [5.74, 6) is -2.24. The Morgan fingerprint density at radius 3 is 1.69 bits per heavy atom. The zero-order valence-electron chi connectivity index (χ0n) is 22.2. The molecule has 5 rings (SSSR count). The van der Waals surface area contributed by atoms with Crippen molar-refractivity contribution in [2.24, 2.45) is 22.0 Å². The minimum Gasteiger partial charge on any atom is -0.374 e. The number of nitriles is 1. The first-order valence-electron chi connectivity index (χ1n) is 12.9. The predicted molar refractivity (Wildman–Crippen MR) is 151 cm³/mol. The number of nitrogens with zero attached hydrogens (tertiary/aromatic N) is 6. The van der Waals surface area contributed by atoms with Crippen LogP contribution in [0.15, 0.2) is 95.1 Å². The van der Waals surface area contributed by atoms with E-state index in [0.717, 1.165) is 22.4 Å². The lowest BCUT2D eigenvalue weighted by atomic mass is 9.70. The molecule has 0 saturated carbocycles. The summed E-state index contributed by atoms with van der Waals surface area (Å²) in [6.45, 7) is 0.604. The fraction of sp³-hybridized carbons (Fsp3) is 0.258. The van der Waals surface area contributed by atoms with Crippen LogP contribution in [0.5, 0.6) is 0 Å². The normalized spacial score (nSPS) is 19.5. The van der Waals surface area contributed by atoms with Crippen LogP contribution in [0, 0.1) is 23.2 Å². The smallest absolute Gasteiger partial charge is 0.252 e. The molecule has 3 aromatic rings. The average Bonchev–Trinajstić information content (AvgIpc) is 3.43. The molecule has 2 aliphatic rings. The van der Waals surface area contributed by atoms with E-state index in [1.807, 2.05) is 96.9 Å². The van der Waals surface area contributed by atoms with Crippen molar-refractivity contribution in [3.63, 3.8) is 0 Å². The lowest BCUT2D eigenvalue weighted by Gasteiger charge is -2.30. The average molecular weight is 519 g/mol. The second-order valence-corrected chi connectivity index (χ2v) is 9.83. The molecule has 0 aliphatic carbocycles. The van der Waals surface area contributed by atoms with Gasteiger partial charge in [0.15, 0.2) is 0 Å². The maximum absolute atomic E-state index is 13.8. The van der Waals surface area contributed by atoms with Gasteiger partial charge in [-0.2, -0.15) is 15.5 Å². The zero-order valence-corrected chi connectivity index (χ0v) is 22.2. The molecule has 0 aromatic heterocycles. The van der Waals surface area contributed by atoms with Gasteiger partial charge in [-0.15, -0.1) is 0 Å². The number of anilines is 1. The number of benzene rings is 3. The summed E-state index contributed by atoms with van der Waals surface area (Å²) in [6, 6.07) is 29.4. The van der Waals surface area contributed by atoms with Gasteiger partial charge in [-0.3, -0.25) is 9.59 Å². The first-order valence-corrected chi connectivity index (χ1v) is 12.9. The van der Waals surface area contributed by atoms with Crippen molar-refractivity contribution in [2.75, 3.05) is 32.6 Å². The minimum atomic E-state index is -0.686. The highest BCUT2D eigenvalue weighted by molar-refractivity contribution is 6.21. The molecule has 0 fully saturated rings. The van der Waals surface area contributed by atoms with Gasteiger partial charge < -0.3 is 4.90 Å². The Bertz CT molecular complexity index is 1380. The van der Waals surface area contributed by atoms with Gasteiger partial charge in [0.1, 0.15) is 0 Å².